The summed E-state index contributed by atoms with van der Waals surface area (Å²) in [5, 5.41) is 2.54. The molecule has 1 saturated heterocycles. The van der Waals surface area contributed by atoms with E-state index in [1.807, 2.05) is 4.90 Å². The zero-order chi connectivity index (χ0) is 21.1. The van der Waals surface area contributed by atoms with E-state index in [1.54, 1.807) is 24.3 Å². The summed E-state index contributed by atoms with van der Waals surface area (Å²) in [5.74, 6) is -0.000349. The average Bonchev–Trinajstić information content (AvgIpc) is 2.73. The first kappa shape index (κ1) is 20.6. The van der Waals surface area contributed by atoms with Crippen LogP contribution in [0.5, 0.6) is 0 Å². The summed E-state index contributed by atoms with van der Waals surface area (Å²) in [6.07, 6.45) is 1.21. The number of sulfone groups is 1. The third kappa shape index (κ3) is 4.89. The first-order chi connectivity index (χ1) is 14.4. The second-order valence-electron chi connectivity index (χ2n) is 7.97. The number of amides is 1. The Kier molecular flexibility index (Phi) is 5.88. The average molecular weight is 423 g/mol. The maximum atomic E-state index is 12.8. The van der Waals surface area contributed by atoms with E-state index >= 15 is 0 Å². The topological polar surface area (TPSA) is 57.7 Å². The lowest BCUT2D eigenvalue weighted by Gasteiger charge is -2.35. The van der Waals surface area contributed by atoms with Crippen LogP contribution >= 0.6 is 0 Å². The molecular formula is C24H26N2O3S. The maximum Gasteiger partial charge on any atom is 0.253 e. The lowest BCUT2D eigenvalue weighted by molar-refractivity contribution is 0.0629. The van der Waals surface area contributed by atoms with Crippen LogP contribution in [0.3, 0.4) is 0 Å². The van der Waals surface area contributed by atoms with E-state index in [4.69, 9.17) is 0 Å². The molecule has 0 atom stereocenters. The van der Waals surface area contributed by atoms with Gasteiger partial charge in [-0.05, 0) is 34.0 Å². The second-order valence-corrected chi connectivity index (χ2v) is 10.1. The standard InChI is InChI=1S/C24H26N2O3S/c1-30(28,29)18-19-9-11-21(12-10-19)24(27)26-15-13-25(14-16-26)17-22-7-4-6-20-5-2-3-8-23(20)22/h2-12H,13-18H2,1H3. The minimum atomic E-state index is -3.08. The second kappa shape index (κ2) is 8.58. The SMILES string of the molecule is CS(=O)(=O)Cc1ccc(C(=O)N2CCN(Cc3cccc4ccccc34)CC2)cc1. The van der Waals surface area contributed by atoms with Gasteiger partial charge in [-0.1, -0.05) is 54.6 Å². The number of carbonyl (C=O) groups is 1. The van der Waals surface area contributed by atoms with Crippen molar-refractivity contribution < 1.29 is 13.2 Å². The van der Waals surface area contributed by atoms with E-state index in [2.05, 4.69) is 47.4 Å². The number of carbonyl (C=O) groups excluding carboxylic acids is 1. The highest BCUT2D eigenvalue weighted by molar-refractivity contribution is 7.89. The summed E-state index contributed by atoms with van der Waals surface area (Å²) < 4.78 is 22.8. The summed E-state index contributed by atoms with van der Waals surface area (Å²) in [6, 6.07) is 21.8. The normalized spacial score (nSPS) is 15.4. The van der Waals surface area contributed by atoms with Crippen LogP contribution in [-0.4, -0.2) is 56.6 Å². The number of benzene rings is 3. The molecule has 0 radical (unpaired) electrons. The molecule has 1 aliphatic rings. The van der Waals surface area contributed by atoms with Crippen molar-refractivity contribution in [2.75, 3.05) is 32.4 Å². The van der Waals surface area contributed by atoms with Gasteiger partial charge in [-0.3, -0.25) is 9.69 Å². The van der Waals surface area contributed by atoms with Crippen LogP contribution in [0.15, 0.2) is 66.7 Å². The van der Waals surface area contributed by atoms with Crippen molar-refractivity contribution in [3.05, 3.63) is 83.4 Å². The molecule has 156 valence electrons. The van der Waals surface area contributed by atoms with Gasteiger partial charge in [-0.15, -0.1) is 0 Å². The molecule has 1 heterocycles. The molecule has 3 aromatic rings. The number of hydrogen-bond donors (Lipinski definition) is 0. The van der Waals surface area contributed by atoms with E-state index < -0.39 is 9.84 Å². The number of rotatable bonds is 5. The lowest BCUT2D eigenvalue weighted by atomic mass is 10.0. The van der Waals surface area contributed by atoms with Gasteiger partial charge in [0, 0.05) is 44.5 Å². The molecule has 0 bridgehead atoms. The number of piperazine rings is 1. The van der Waals surface area contributed by atoms with Crippen LogP contribution in [-0.2, 0) is 22.1 Å². The first-order valence-electron chi connectivity index (χ1n) is 10.1. The van der Waals surface area contributed by atoms with Crippen molar-refractivity contribution in [2.45, 2.75) is 12.3 Å². The fourth-order valence-corrected chi connectivity index (χ4v) is 4.81. The van der Waals surface area contributed by atoms with Gasteiger partial charge in [0.1, 0.15) is 0 Å². The van der Waals surface area contributed by atoms with Gasteiger partial charge in [-0.25, -0.2) is 8.42 Å². The van der Waals surface area contributed by atoms with Crippen LogP contribution in [0, 0.1) is 0 Å². The molecule has 0 aliphatic carbocycles. The molecule has 0 N–H and O–H groups in total. The third-order valence-corrected chi connectivity index (χ3v) is 6.42. The zero-order valence-electron chi connectivity index (χ0n) is 17.1. The summed E-state index contributed by atoms with van der Waals surface area (Å²) in [7, 11) is -3.08. The fraction of sp³-hybridized carbons (Fsp3) is 0.292. The van der Waals surface area contributed by atoms with E-state index in [1.165, 1.54) is 22.6 Å². The molecule has 5 nitrogen and oxygen atoms in total. The monoisotopic (exact) mass is 422 g/mol. The van der Waals surface area contributed by atoms with Gasteiger partial charge in [-0.2, -0.15) is 0 Å². The Labute approximate surface area is 177 Å². The number of hydrogen-bond acceptors (Lipinski definition) is 4. The Morgan fingerprint density at radius 1 is 0.867 bits per heavy atom. The minimum Gasteiger partial charge on any atom is -0.336 e. The van der Waals surface area contributed by atoms with Crippen molar-refractivity contribution in [3.63, 3.8) is 0 Å². The van der Waals surface area contributed by atoms with Crippen molar-refractivity contribution >= 4 is 26.5 Å². The van der Waals surface area contributed by atoms with Crippen molar-refractivity contribution in [2.24, 2.45) is 0 Å². The van der Waals surface area contributed by atoms with Crippen LogP contribution in [0.2, 0.25) is 0 Å². The summed E-state index contributed by atoms with van der Waals surface area (Å²) in [6.45, 7) is 3.93. The van der Waals surface area contributed by atoms with Crippen LogP contribution in [0.25, 0.3) is 10.8 Å². The maximum absolute atomic E-state index is 12.8. The predicted molar refractivity (Wildman–Crippen MR) is 120 cm³/mol. The van der Waals surface area contributed by atoms with E-state index in [0.29, 0.717) is 24.2 Å². The molecule has 3 aromatic carbocycles. The number of fused-ring (bicyclic) bond motifs is 1. The smallest absolute Gasteiger partial charge is 0.253 e. The van der Waals surface area contributed by atoms with Crippen molar-refractivity contribution in [1.82, 2.24) is 9.80 Å². The van der Waals surface area contributed by atoms with Gasteiger partial charge < -0.3 is 4.90 Å². The minimum absolute atomic E-state index is 0.00529. The number of nitrogens with zero attached hydrogens (tertiary/aromatic N) is 2. The highest BCUT2D eigenvalue weighted by Crippen LogP contribution is 2.21. The lowest BCUT2D eigenvalue weighted by Crippen LogP contribution is -2.48. The molecule has 6 heteroatoms. The Morgan fingerprint density at radius 3 is 2.23 bits per heavy atom. The highest BCUT2D eigenvalue weighted by Gasteiger charge is 2.22. The molecule has 0 spiro atoms. The molecule has 0 unspecified atom stereocenters. The van der Waals surface area contributed by atoms with E-state index in [-0.39, 0.29) is 11.7 Å². The molecule has 30 heavy (non-hydrogen) atoms. The summed E-state index contributed by atoms with van der Waals surface area (Å²) in [5.41, 5.74) is 2.62. The molecule has 1 fully saturated rings. The van der Waals surface area contributed by atoms with Crippen molar-refractivity contribution in [3.8, 4) is 0 Å². The zero-order valence-corrected chi connectivity index (χ0v) is 17.9. The highest BCUT2D eigenvalue weighted by atomic mass is 32.2. The largest absolute Gasteiger partial charge is 0.336 e. The Bertz CT molecular complexity index is 1140. The van der Waals surface area contributed by atoms with Crippen LogP contribution in [0.1, 0.15) is 21.5 Å². The van der Waals surface area contributed by atoms with Gasteiger partial charge in [0.05, 0.1) is 5.75 Å². The molecule has 1 aliphatic heterocycles. The molecular weight excluding hydrogens is 396 g/mol. The Balaban J connectivity index is 1.36. The summed E-state index contributed by atoms with van der Waals surface area (Å²) >= 11 is 0. The quantitative estimate of drug-likeness (QED) is 0.633. The van der Waals surface area contributed by atoms with Gasteiger partial charge in [0.2, 0.25) is 0 Å². The Hall–Kier alpha value is -2.70. The molecule has 1 amide bonds. The van der Waals surface area contributed by atoms with Crippen LogP contribution < -0.4 is 0 Å². The van der Waals surface area contributed by atoms with Gasteiger partial charge >= 0.3 is 0 Å². The fourth-order valence-electron chi connectivity index (χ4n) is 4.01. The molecule has 0 aromatic heterocycles. The van der Waals surface area contributed by atoms with E-state index in [0.717, 1.165) is 19.6 Å². The first-order valence-corrected chi connectivity index (χ1v) is 12.2. The Morgan fingerprint density at radius 2 is 1.53 bits per heavy atom. The van der Waals surface area contributed by atoms with Crippen LogP contribution in [0.4, 0.5) is 0 Å². The predicted octanol–water partition coefficient (Wildman–Crippen LogP) is 3.34. The van der Waals surface area contributed by atoms with E-state index in [9.17, 15) is 13.2 Å². The van der Waals surface area contributed by atoms with Gasteiger partial charge in [0.15, 0.2) is 9.84 Å². The molecule has 4 rings (SSSR count). The van der Waals surface area contributed by atoms with Gasteiger partial charge in [0.25, 0.3) is 5.91 Å². The third-order valence-electron chi connectivity index (χ3n) is 5.56. The molecule has 0 saturated carbocycles. The van der Waals surface area contributed by atoms with Crippen molar-refractivity contribution in [1.29, 1.82) is 0 Å². The summed E-state index contributed by atoms with van der Waals surface area (Å²) in [4.78, 5) is 17.1.